The Labute approximate surface area is 173 Å². The highest BCUT2D eigenvalue weighted by molar-refractivity contribution is 6.00. The third kappa shape index (κ3) is 4.97. The van der Waals surface area contributed by atoms with Crippen LogP contribution in [0.25, 0.3) is 0 Å². The molecule has 0 saturated carbocycles. The van der Waals surface area contributed by atoms with Gasteiger partial charge in [0.1, 0.15) is 0 Å². The van der Waals surface area contributed by atoms with Crippen molar-refractivity contribution in [3.8, 4) is 0 Å². The van der Waals surface area contributed by atoms with Crippen molar-refractivity contribution < 1.29 is 9.59 Å². The number of carbonyl (C=O) groups is 2. The van der Waals surface area contributed by atoms with Gasteiger partial charge >= 0.3 is 0 Å². The first-order chi connectivity index (χ1) is 13.9. The van der Waals surface area contributed by atoms with Crippen LogP contribution in [0, 0.1) is 6.92 Å². The summed E-state index contributed by atoms with van der Waals surface area (Å²) in [7, 11) is 1.84. The van der Waals surface area contributed by atoms with Crippen LogP contribution in [0.4, 0.5) is 5.69 Å². The van der Waals surface area contributed by atoms with Gasteiger partial charge in [-0.3, -0.25) is 9.59 Å². The number of carbonyl (C=O) groups excluding carboxylic acids is 2. The van der Waals surface area contributed by atoms with Crippen LogP contribution < -0.4 is 10.2 Å². The summed E-state index contributed by atoms with van der Waals surface area (Å²) in [4.78, 5) is 29.4. The van der Waals surface area contributed by atoms with Crippen molar-refractivity contribution in [1.82, 2.24) is 10.2 Å². The Bertz CT molecular complexity index is 870. The van der Waals surface area contributed by atoms with Crippen molar-refractivity contribution in [2.75, 3.05) is 25.0 Å². The topological polar surface area (TPSA) is 52.7 Å². The standard InChI is InChI=1S/C24H31N3O2/c1-17(2)26(4)24(29)21-10-5-6-11-22(21)27-14-12-20(13-15-27)25-23(28)19-9-7-8-18(3)16-19/h5-11,16-17,20H,12-15H2,1-4H3,(H,25,28). The SMILES string of the molecule is Cc1cccc(C(=O)NC2CCN(c3ccccc3C(=O)N(C)C(C)C)CC2)c1. The Kier molecular flexibility index (Phi) is 6.57. The van der Waals surface area contributed by atoms with Gasteiger partial charge in [-0.25, -0.2) is 0 Å². The summed E-state index contributed by atoms with van der Waals surface area (Å²) in [6.45, 7) is 7.65. The molecule has 5 heteroatoms. The number of nitrogens with one attached hydrogen (secondary N) is 1. The first kappa shape index (κ1) is 20.9. The Hall–Kier alpha value is -2.82. The quantitative estimate of drug-likeness (QED) is 0.839. The van der Waals surface area contributed by atoms with E-state index in [0.29, 0.717) is 5.56 Å². The highest BCUT2D eigenvalue weighted by Crippen LogP contribution is 2.26. The molecule has 0 atom stereocenters. The second kappa shape index (κ2) is 9.12. The average molecular weight is 394 g/mol. The first-order valence-corrected chi connectivity index (χ1v) is 10.4. The number of piperidine rings is 1. The zero-order chi connectivity index (χ0) is 21.0. The summed E-state index contributed by atoms with van der Waals surface area (Å²) in [5.74, 6) is 0.0340. The van der Waals surface area contributed by atoms with Crippen molar-refractivity contribution in [3.63, 3.8) is 0 Å². The summed E-state index contributed by atoms with van der Waals surface area (Å²) >= 11 is 0. The maximum absolute atomic E-state index is 12.9. The van der Waals surface area contributed by atoms with Gasteiger partial charge in [0.05, 0.1) is 5.56 Å². The van der Waals surface area contributed by atoms with Gasteiger partial charge in [-0.2, -0.15) is 0 Å². The Balaban J connectivity index is 1.64. The zero-order valence-electron chi connectivity index (χ0n) is 17.8. The maximum Gasteiger partial charge on any atom is 0.255 e. The van der Waals surface area contributed by atoms with Gasteiger partial charge in [0.2, 0.25) is 0 Å². The number of hydrogen-bond acceptors (Lipinski definition) is 3. The van der Waals surface area contributed by atoms with Crippen LogP contribution in [0.1, 0.15) is 53.0 Å². The fourth-order valence-corrected chi connectivity index (χ4v) is 3.67. The molecule has 2 aromatic carbocycles. The van der Waals surface area contributed by atoms with Gasteiger partial charge < -0.3 is 15.1 Å². The minimum atomic E-state index is -0.0127. The van der Waals surface area contributed by atoms with E-state index in [4.69, 9.17) is 0 Å². The van der Waals surface area contributed by atoms with Crippen molar-refractivity contribution in [1.29, 1.82) is 0 Å². The van der Waals surface area contributed by atoms with Gasteiger partial charge in [0.15, 0.2) is 0 Å². The van der Waals surface area contributed by atoms with E-state index in [1.807, 2.05) is 76.3 Å². The second-order valence-corrected chi connectivity index (χ2v) is 8.13. The van der Waals surface area contributed by atoms with E-state index in [2.05, 4.69) is 10.2 Å². The highest BCUT2D eigenvalue weighted by Gasteiger charge is 2.25. The predicted octanol–water partition coefficient (Wildman–Crippen LogP) is 3.87. The van der Waals surface area contributed by atoms with E-state index in [9.17, 15) is 9.59 Å². The predicted molar refractivity (Wildman–Crippen MR) is 118 cm³/mol. The molecule has 0 spiro atoms. The number of para-hydroxylation sites is 1. The molecular weight excluding hydrogens is 362 g/mol. The number of hydrogen-bond donors (Lipinski definition) is 1. The lowest BCUT2D eigenvalue weighted by Crippen LogP contribution is -2.45. The van der Waals surface area contributed by atoms with Crippen LogP contribution in [0.15, 0.2) is 48.5 Å². The Morgan fingerprint density at radius 1 is 1.07 bits per heavy atom. The molecule has 0 aliphatic carbocycles. The van der Waals surface area contributed by atoms with Crippen LogP contribution in [0.3, 0.4) is 0 Å². The number of rotatable bonds is 5. The molecule has 3 rings (SSSR count). The molecule has 0 aromatic heterocycles. The molecule has 5 nitrogen and oxygen atoms in total. The van der Waals surface area contributed by atoms with E-state index >= 15 is 0 Å². The number of nitrogens with zero attached hydrogens (tertiary/aromatic N) is 2. The number of anilines is 1. The van der Waals surface area contributed by atoms with Crippen molar-refractivity contribution in [3.05, 3.63) is 65.2 Å². The van der Waals surface area contributed by atoms with Gasteiger partial charge in [-0.05, 0) is 57.9 Å². The molecule has 1 N–H and O–H groups in total. The molecule has 1 aliphatic rings. The molecular formula is C24H31N3O2. The van der Waals surface area contributed by atoms with Crippen molar-refractivity contribution >= 4 is 17.5 Å². The van der Waals surface area contributed by atoms with Crippen LogP contribution in [0.5, 0.6) is 0 Å². The molecule has 1 aliphatic heterocycles. The fourth-order valence-electron chi connectivity index (χ4n) is 3.67. The molecule has 1 heterocycles. The summed E-state index contributed by atoms with van der Waals surface area (Å²) < 4.78 is 0. The molecule has 0 unspecified atom stereocenters. The van der Waals surface area contributed by atoms with Crippen LogP contribution in [-0.4, -0.2) is 48.9 Å². The largest absolute Gasteiger partial charge is 0.371 e. The van der Waals surface area contributed by atoms with Crippen LogP contribution in [0.2, 0.25) is 0 Å². The minimum absolute atomic E-state index is 0.0127. The van der Waals surface area contributed by atoms with Gasteiger partial charge in [-0.1, -0.05) is 29.8 Å². The molecule has 1 saturated heterocycles. The Morgan fingerprint density at radius 2 is 1.76 bits per heavy atom. The van der Waals surface area contributed by atoms with Gasteiger partial charge in [0, 0.05) is 43.5 Å². The van der Waals surface area contributed by atoms with E-state index in [1.165, 1.54) is 0 Å². The highest BCUT2D eigenvalue weighted by atomic mass is 16.2. The van der Waals surface area contributed by atoms with E-state index < -0.39 is 0 Å². The molecule has 1 fully saturated rings. The molecule has 0 radical (unpaired) electrons. The van der Waals surface area contributed by atoms with Crippen molar-refractivity contribution in [2.24, 2.45) is 0 Å². The molecule has 29 heavy (non-hydrogen) atoms. The van der Waals surface area contributed by atoms with Crippen LogP contribution >= 0.6 is 0 Å². The monoisotopic (exact) mass is 393 g/mol. The van der Waals surface area contributed by atoms with Gasteiger partial charge in [-0.15, -0.1) is 0 Å². The molecule has 2 aromatic rings. The Morgan fingerprint density at radius 3 is 2.41 bits per heavy atom. The smallest absolute Gasteiger partial charge is 0.255 e. The number of benzene rings is 2. The molecule has 2 amide bonds. The second-order valence-electron chi connectivity index (χ2n) is 8.13. The van der Waals surface area contributed by atoms with E-state index in [1.54, 1.807) is 4.90 Å². The summed E-state index contributed by atoms with van der Waals surface area (Å²) in [5, 5.41) is 3.16. The summed E-state index contributed by atoms with van der Waals surface area (Å²) in [5.41, 5.74) is 3.51. The third-order valence-corrected chi connectivity index (χ3v) is 5.68. The lowest BCUT2D eigenvalue weighted by atomic mass is 10.0. The number of amides is 2. The average Bonchev–Trinajstić information content (AvgIpc) is 2.73. The van der Waals surface area contributed by atoms with Crippen molar-refractivity contribution in [2.45, 2.75) is 45.7 Å². The summed E-state index contributed by atoms with van der Waals surface area (Å²) in [6, 6.07) is 15.8. The van der Waals surface area contributed by atoms with E-state index in [0.717, 1.165) is 42.7 Å². The number of aryl methyl sites for hydroxylation is 1. The molecule has 0 bridgehead atoms. The summed E-state index contributed by atoms with van der Waals surface area (Å²) in [6.07, 6.45) is 1.72. The molecule has 154 valence electrons. The first-order valence-electron chi connectivity index (χ1n) is 10.4. The van der Waals surface area contributed by atoms with Crippen LogP contribution in [-0.2, 0) is 0 Å². The lowest BCUT2D eigenvalue weighted by Gasteiger charge is -2.35. The maximum atomic E-state index is 12.9. The normalized spacial score (nSPS) is 14.7. The van der Waals surface area contributed by atoms with Gasteiger partial charge in [0.25, 0.3) is 11.8 Å². The zero-order valence-corrected chi connectivity index (χ0v) is 17.8. The minimum Gasteiger partial charge on any atom is -0.371 e. The van der Waals surface area contributed by atoms with E-state index in [-0.39, 0.29) is 23.9 Å². The lowest BCUT2D eigenvalue weighted by molar-refractivity contribution is 0.0755. The fraction of sp³-hybridized carbons (Fsp3) is 0.417. The third-order valence-electron chi connectivity index (χ3n) is 5.68.